The fraction of sp³-hybridized carbons (Fsp3) is 0.320. The quantitative estimate of drug-likeness (QED) is 0.632. The van der Waals surface area contributed by atoms with Crippen LogP contribution in [0.4, 0.5) is 5.69 Å². The topological polar surface area (TPSA) is 69.9 Å². The Hall–Kier alpha value is -3.26. The molecule has 8 heteroatoms. The van der Waals surface area contributed by atoms with Crippen molar-refractivity contribution in [3.8, 4) is 0 Å². The van der Waals surface area contributed by atoms with Crippen LogP contribution in [0.1, 0.15) is 24.6 Å². The number of nitrogens with one attached hydrogen (secondary N) is 1. The van der Waals surface area contributed by atoms with Gasteiger partial charge in [-0.25, -0.2) is 4.98 Å². The first-order chi connectivity index (χ1) is 16.1. The van der Waals surface area contributed by atoms with Gasteiger partial charge in [0.05, 0.1) is 28.4 Å². The Morgan fingerprint density at radius 1 is 1.06 bits per heavy atom. The van der Waals surface area contributed by atoms with Crippen molar-refractivity contribution in [3.63, 3.8) is 0 Å². The molecule has 0 aliphatic carbocycles. The van der Waals surface area contributed by atoms with Gasteiger partial charge in [-0.1, -0.05) is 43.0 Å². The van der Waals surface area contributed by atoms with Crippen molar-refractivity contribution in [2.75, 3.05) is 37.6 Å². The van der Waals surface area contributed by atoms with Gasteiger partial charge >= 0.3 is 0 Å². The summed E-state index contributed by atoms with van der Waals surface area (Å²) < 4.78 is 2.02. The van der Waals surface area contributed by atoms with Crippen LogP contribution in [0, 0.1) is 0 Å². The number of carbonyl (C=O) groups excluding carboxylic acids is 2. The van der Waals surface area contributed by atoms with E-state index in [1.807, 2.05) is 33.6 Å². The van der Waals surface area contributed by atoms with E-state index in [9.17, 15) is 9.59 Å². The Bertz CT molecular complexity index is 1230. The monoisotopic (exact) mass is 461 g/mol. The highest BCUT2D eigenvalue weighted by Crippen LogP contribution is 2.34. The SMILES string of the molecule is CCc1ccccc1N1CCCN(C(=O)CNC(=O)C2=Cc3cnc4cccc(n34)S2)CC1. The summed E-state index contributed by atoms with van der Waals surface area (Å²) in [5.74, 6) is -0.270. The average molecular weight is 462 g/mol. The van der Waals surface area contributed by atoms with Crippen molar-refractivity contribution < 1.29 is 9.59 Å². The van der Waals surface area contributed by atoms with E-state index in [0.29, 0.717) is 18.0 Å². The van der Waals surface area contributed by atoms with E-state index in [-0.39, 0.29) is 18.4 Å². The first kappa shape index (κ1) is 21.6. The molecule has 0 bridgehead atoms. The number of amides is 2. The average Bonchev–Trinajstić information content (AvgIpc) is 3.11. The molecule has 5 rings (SSSR count). The van der Waals surface area contributed by atoms with E-state index >= 15 is 0 Å². The van der Waals surface area contributed by atoms with E-state index in [4.69, 9.17) is 0 Å². The first-order valence-corrected chi connectivity index (χ1v) is 12.2. The number of aromatic nitrogens is 2. The summed E-state index contributed by atoms with van der Waals surface area (Å²) in [6, 6.07) is 14.3. The molecule has 1 N–H and O–H groups in total. The molecular weight excluding hydrogens is 434 g/mol. The van der Waals surface area contributed by atoms with Crippen LogP contribution in [0.2, 0.25) is 0 Å². The molecule has 4 heterocycles. The number of nitrogens with zero attached hydrogens (tertiary/aromatic N) is 4. The molecule has 0 unspecified atom stereocenters. The van der Waals surface area contributed by atoms with Gasteiger partial charge in [0.1, 0.15) is 5.65 Å². The number of benzene rings is 1. The van der Waals surface area contributed by atoms with E-state index in [1.54, 1.807) is 6.20 Å². The van der Waals surface area contributed by atoms with Crippen LogP contribution in [0.3, 0.4) is 0 Å². The third kappa shape index (κ3) is 4.35. The number of anilines is 1. The largest absolute Gasteiger partial charge is 0.369 e. The van der Waals surface area contributed by atoms with Gasteiger partial charge in [-0.2, -0.15) is 0 Å². The lowest BCUT2D eigenvalue weighted by Crippen LogP contribution is -2.42. The maximum Gasteiger partial charge on any atom is 0.258 e. The van der Waals surface area contributed by atoms with Gasteiger partial charge in [-0.05, 0) is 42.7 Å². The summed E-state index contributed by atoms with van der Waals surface area (Å²) in [5, 5.41) is 3.77. The highest BCUT2D eigenvalue weighted by Gasteiger charge is 2.23. The van der Waals surface area contributed by atoms with Gasteiger partial charge < -0.3 is 15.1 Å². The predicted octanol–water partition coefficient (Wildman–Crippen LogP) is 3.20. The van der Waals surface area contributed by atoms with Crippen molar-refractivity contribution in [1.29, 1.82) is 0 Å². The van der Waals surface area contributed by atoms with Crippen LogP contribution in [-0.4, -0.2) is 58.8 Å². The van der Waals surface area contributed by atoms with Crippen LogP contribution >= 0.6 is 11.8 Å². The molecule has 33 heavy (non-hydrogen) atoms. The molecule has 0 atom stereocenters. The van der Waals surface area contributed by atoms with Crippen molar-refractivity contribution in [1.82, 2.24) is 19.6 Å². The van der Waals surface area contributed by atoms with Gasteiger partial charge in [-0.3, -0.25) is 14.0 Å². The van der Waals surface area contributed by atoms with Crippen molar-refractivity contribution in [2.45, 2.75) is 24.8 Å². The summed E-state index contributed by atoms with van der Waals surface area (Å²) >= 11 is 1.39. The van der Waals surface area contributed by atoms with Gasteiger partial charge in [0.2, 0.25) is 5.91 Å². The number of rotatable bonds is 5. The highest BCUT2D eigenvalue weighted by molar-refractivity contribution is 8.04. The van der Waals surface area contributed by atoms with E-state index < -0.39 is 0 Å². The second-order valence-corrected chi connectivity index (χ2v) is 9.30. The zero-order valence-electron chi connectivity index (χ0n) is 18.7. The van der Waals surface area contributed by atoms with Crippen LogP contribution in [0.15, 0.2) is 58.6 Å². The number of thioether (sulfide) groups is 1. The Morgan fingerprint density at radius 2 is 1.94 bits per heavy atom. The molecule has 2 aliphatic heterocycles. The summed E-state index contributed by atoms with van der Waals surface area (Å²) in [6.45, 7) is 5.26. The van der Waals surface area contributed by atoms with E-state index in [2.05, 4.69) is 46.4 Å². The number of aryl methyl sites for hydroxylation is 1. The van der Waals surface area contributed by atoms with Gasteiger partial charge in [0, 0.05) is 31.9 Å². The smallest absolute Gasteiger partial charge is 0.258 e. The van der Waals surface area contributed by atoms with Gasteiger partial charge in [0.25, 0.3) is 5.91 Å². The van der Waals surface area contributed by atoms with Crippen molar-refractivity contribution >= 4 is 41.0 Å². The lowest BCUT2D eigenvalue weighted by Gasteiger charge is -2.26. The Morgan fingerprint density at radius 3 is 2.82 bits per heavy atom. The Labute approximate surface area is 197 Å². The lowest BCUT2D eigenvalue weighted by atomic mass is 10.1. The molecule has 2 amide bonds. The maximum absolute atomic E-state index is 12.9. The summed E-state index contributed by atoms with van der Waals surface area (Å²) in [7, 11) is 0. The van der Waals surface area contributed by atoms with Gasteiger partial charge in [-0.15, -0.1) is 0 Å². The summed E-state index contributed by atoms with van der Waals surface area (Å²) in [6.07, 6.45) is 5.49. The fourth-order valence-electron chi connectivity index (χ4n) is 4.48. The molecule has 7 nitrogen and oxygen atoms in total. The second-order valence-electron chi connectivity index (χ2n) is 8.24. The number of hydrogen-bond donors (Lipinski definition) is 1. The Balaban J connectivity index is 1.18. The number of hydrogen-bond acceptors (Lipinski definition) is 5. The van der Waals surface area contributed by atoms with Crippen LogP contribution in [0.5, 0.6) is 0 Å². The maximum atomic E-state index is 12.9. The third-order valence-corrected chi connectivity index (χ3v) is 7.25. The molecule has 2 aliphatic rings. The van der Waals surface area contributed by atoms with Crippen LogP contribution < -0.4 is 10.2 Å². The summed E-state index contributed by atoms with van der Waals surface area (Å²) in [5.41, 5.74) is 4.33. The molecular formula is C25H27N5O2S. The van der Waals surface area contributed by atoms with Crippen molar-refractivity contribution in [3.05, 3.63) is 64.8 Å². The lowest BCUT2D eigenvalue weighted by molar-refractivity contribution is -0.131. The highest BCUT2D eigenvalue weighted by atomic mass is 32.2. The minimum Gasteiger partial charge on any atom is -0.369 e. The molecule has 3 aromatic rings. The minimum atomic E-state index is -0.230. The number of pyridine rings is 1. The molecule has 1 fully saturated rings. The first-order valence-electron chi connectivity index (χ1n) is 11.4. The summed E-state index contributed by atoms with van der Waals surface area (Å²) in [4.78, 5) is 34.9. The molecule has 170 valence electrons. The molecule has 1 saturated heterocycles. The predicted molar refractivity (Wildman–Crippen MR) is 131 cm³/mol. The zero-order valence-corrected chi connectivity index (χ0v) is 19.5. The third-order valence-electron chi connectivity index (χ3n) is 6.20. The van der Waals surface area contributed by atoms with Gasteiger partial charge in [0.15, 0.2) is 0 Å². The number of carbonyl (C=O) groups is 2. The molecule has 0 saturated carbocycles. The standard InChI is InChI=1S/C25H27N5O2S/c1-2-18-7-3-4-8-20(18)28-11-6-12-29(14-13-28)23(31)17-27-25(32)21-15-19-16-26-22-9-5-10-24(33-21)30(19)22/h3-5,7-10,15-16H,2,6,11-14,17H2,1H3,(H,27,32). The van der Waals surface area contributed by atoms with E-state index in [0.717, 1.165) is 42.3 Å². The minimum absolute atomic E-state index is 0.00570. The second kappa shape index (κ2) is 9.31. The fourth-order valence-corrected chi connectivity index (χ4v) is 5.49. The number of imidazole rings is 1. The Kier molecular flexibility index (Phi) is 6.09. The molecule has 0 spiro atoms. The van der Waals surface area contributed by atoms with Crippen molar-refractivity contribution in [2.24, 2.45) is 0 Å². The van der Waals surface area contributed by atoms with Crippen LogP contribution in [-0.2, 0) is 16.0 Å². The molecule has 0 radical (unpaired) electrons. The van der Waals surface area contributed by atoms with Crippen LogP contribution in [0.25, 0.3) is 11.7 Å². The zero-order chi connectivity index (χ0) is 22.8. The molecule has 1 aromatic carbocycles. The molecule has 2 aromatic heterocycles. The normalized spacial score (nSPS) is 15.8. The van der Waals surface area contributed by atoms with E-state index in [1.165, 1.54) is 23.0 Å². The number of para-hydroxylation sites is 1.